The highest BCUT2D eigenvalue weighted by atomic mass is 16.4. The number of hydrogen-bond acceptors (Lipinski definition) is 5. The molecule has 2 N–H and O–H groups in total. The molecule has 2 aromatic rings. The molecule has 0 atom stereocenters. The molecule has 0 bridgehead atoms. The van der Waals surface area contributed by atoms with Crippen molar-refractivity contribution in [2.75, 3.05) is 11.9 Å². The van der Waals surface area contributed by atoms with Gasteiger partial charge in [0.15, 0.2) is 0 Å². The van der Waals surface area contributed by atoms with Crippen LogP contribution in [0.3, 0.4) is 0 Å². The molecule has 28 heavy (non-hydrogen) atoms. The maximum Gasteiger partial charge on any atom is 0.307 e. The third-order valence-electron chi connectivity index (χ3n) is 4.72. The Morgan fingerprint density at radius 1 is 1.21 bits per heavy atom. The first-order chi connectivity index (χ1) is 13.2. The number of aromatic nitrogens is 2. The first kappa shape index (κ1) is 19.3. The van der Waals surface area contributed by atoms with E-state index in [-0.39, 0.29) is 24.8 Å². The summed E-state index contributed by atoms with van der Waals surface area (Å²) in [7, 11) is 0. The van der Waals surface area contributed by atoms with Crippen LogP contribution < -0.4 is 5.32 Å². The summed E-state index contributed by atoms with van der Waals surface area (Å²) in [6, 6.07) is 7.66. The van der Waals surface area contributed by atoms with E-state index in [4.69, 9.17) is 5.11 Å². The van der Waals surface area contributed by atoms with Crippen LogP contribution in [0, 0.1) is 13.8 Å². The van der Waals surface area contributed by atoms with Crippen molar-refractivity contribution in [3.8, 4) is 0 Å². The van der Waals surface area contributed by atoms with Crippen LogP contribution in [-0.2, 0) is 27.3 Å². The van der Waals surface area contributed by atoms with Crippen molar-refractivity contribution in [1.29, 1.82) is 0 Å². The van der Waals surface area contributed by atoms with E-state index >= 15 is 0 Å². The summed E-state index contributed by atoms with van der Waals surface area (Å²) >= 11 is 0. The maximum absolute atomic E-state index is 11.7. The van der Waals surface area contributed by atoms with E-state index in [2.05, 4.69) is 10.4 Å². The van der Waals surface area contributed by atoms with Gasteiger partial charge in [0.25, 0.3) is 5.91 Å². The molecule has 1 aliphatic heterocycles. The standard InChI is InChI=1S/C20H22N4O4/c1-12-18(9-20(27)28)13(2)24(22-12)10-15-4-6-16(7-5-15)21-17-8-19(26)23(11-17)14(3)25/h4-8,21H,9-11H2,1-3H3,(H,27,28). The van der Waals surface area contributed by atoms with Crippen molar-refractivity contribution in [2.45, 2.75) is 33.7 Å². The fraction of sp³-hybridized carbons (Fsp3) is 0.300. The van der Waals surface area contributed by atoms with Crippen molar-refractivity contribution in [2.24, 2.45) is 0 Å². The summed E-state index contributed by atoms with van der Waals surface area (Å²) < 4.78 is 1.80. The molecule has 1 aliphatic rings. The Balaban J connectivity index is 1.67. The number of hydrogen-bond donors (Lipinski definition) is 2. The number of aliphatic carboxylic acids is 1. The molecular formula is C20H22N4O4. The van der Waals surface area contributed by atoms with Crippen molar-refractivity contribution < 1.29 is 19.5 Å². The zero-order valence-corrected chi connectivity index (χ0v) is 16.0. The van der Waals surface area contributed by atoms with Gasteiger partial charge in [-0.15, -0.1) is 0 Å². The van der Waals surface area contributed by atoms with Crippen molar-refractivity contribution in [3.63, 3.8) is 0 Å². The Morgan fingerprint density at radius 3 is 2.46 bits per heavy atom. The fourth-order valence-corrected chi connectivity index (χ4v) is 3.21. The molecule has 1 aromatic heterocycles. The third-order valence-corrected chi connectivity index (χ3v) is 4.72. The quantitative estimate of drug-likeness (QED) is 0.790. The van der Waals surface area contributed by atoms with Crippen LogP contribution >= 0.6 is 0 Å². The number of benzene rings is 1. The van der Waals surface area contributed by atoms with E-state index in [0.29, 0.717) is 12.2 Å². The Hall–Kier alpha value is -3.42. The molecule has 146 valence electrons. The summed E-state index contributed by atoms with van der Waals surface area (Å²) in [4.78, 5) is 35.3. The van der Waals surface area contributed by atoms with E-state index in [0.717, 1.165) is 28.2 Å². The number of imide groups is 1. The van der Waals surface area contributed by atoms with Gasteiger partial charge in [0, 0.05) is 35.6 Å². The predicted molar refractivity (Wildman–Crippen MR) is 103 cm³/mol. The van der Waals surface area contributed by atoms with Gasteiger partial charge in [0.2, 0.25) is 5.91 Å². The van der Waals surface area contributed by atoms with Gasteiger partial charge in [-0.05, 0) is 31.5 Å². The maximum atomic E-state index is 11.7. The first-order valence-corrected chi connectivity index (χ1v) is 8.88. The van der Waals surface area contributed by atoms with Crippen LogP contribution in [0.1, 0.15) is 29.4 Å². The minimum atomic E-state index is -0.871. The Morgan fingerprint density at radius 2 is 1.89 bits per heavy atom. The Bertz CT molecular complexity index is 973. The fourth-order valence-electron chi connectivity index (χ4n) is 3.21. The molecule has 0 unspecified atom stereocenters. The number of carboxylic acids is 1. The second-order valence-corrected chi connectivity index (χ2v) is 6.81. The second-order valence-electron chi connectivity index (χ2n) is 6.81. The topological polar surface area (TPSA) is 105 Å². The molecule has 0 spiro atoms. The molecule has 0 radical (unpaired) electrons. The van der Waals surface area contributed by atoms with Crippen molar-refractivity contribution >= 4 is 23.5 Å². The minimum Gasteiger partial charge on any atom is -0.481 e. The van der Waals surface area contributed by atoms with Gasteiger partial charge in [-0.3, -0.25) is 24.0 Å². The molecule has 0 aliphatic carbocycles. The molecule has 8 heteroatoms. The lowest BCUT2D eigenvalue weighted by molar-refractivity contribution is -0.139. The summed E-state index contributed by atoms with van der Waals surface area (Å²) in [6.45, 7) is 5.83. The minimum absolute atomic E-state index is 0.0361. The molecule has 3 rings (SSSR count). The van der Waals surface area contributed by atoms with Gasteiger partial charge >= 0.3 is 5.97 Å². The molecule has 0 saturated heterocycles. The van der Waals surface area contributed by atoms with Crippen LogP contribution in [0.25, 0.3) is 0 Å². The van der Waals surface area contributed by atoms with Gasteiger partial charge in [-0.2, -0.15) is 5.10 Å². The highest BCUT2D eigenvalue weighted by Crippen LogP contribution is 2.19. The highest BCUT2D eigenvalue weighted by Gasteiger charge is 2.24. The molecule has 1 aromatic carbocycles. The van der Waals surface area contributed by atoms with Crippen molar-refractivity contribution in [1.82, 2.24) is 14.7 Å². The lowest BCUT2D eigenvalue weighted by atomic mass is 10.1. The second kappa shape index (κ2) is 7.67. The number of carbonyl (C=O) groups excluding carboxylic acids is 2. The van der Waals surface area contributed by atoms with Crippen LogP contribution in [0.15, 0.2) is 36.0 Å². The number of aryl methyl sites for hydroxylation is 1. The number of rotatable bonds is 6. The summed E-state index contributed by atoms with van der Waals surface area (Å²) in [5, 5.41) is 16.6. The van der Waals surface area contributed by atoms with Gasteiger partial charge in [0.1, 0.15) is 0 Å². The zero-order valence-electron chi connectivity index (χ0n) is 16.0. The largest absolute Gasteiger partial charge is 0.481 e. The predicted octanol–water partition coefficient (Wildman–Crippen LogP) is 1.86. The van der Waals surface area contributed by atoms with Gasteiger partial charge in [0.05, 0.1) is 25.2 Å². The average Bonchev–Trinajstić information content (AvgIpc) is 3.11. The van der Waals surface area contributed by atoms with E-state index in [9.17, 15) is 14.4 Å². The number of anilines is 1. The monoisotopic (exact) mass is 382 g/mol. The van der Waals surface area contributed by atoms with Gasteiger partial charge < -0.3 is 10.4 Å². The molecule has 8 nitrogen and oxygen atoms in total. The van der Waals surface area contributed by atoms with Crippen LogP contribution in [0.4, 0.5) is 5.69 Å². The summed E-state index contributed by atoms with van der Waals surface area (Å²) in [6.07, 6.45) is 1.39. The first-order valence-electron chi connectivity index (χ1n) is 8.88. The van der Waals surface area contributed by atoms with Crippen LogP contribution in [0.2, 0.25) is 0 Å². The van der Waals surface area contributed by atoms with E-state index in [1.165, 1.54) is 17.9 Å². The number of nitrogens with one attached hydrogen (secondary N) is 1. The molecule has 0 fully saturated rings. The van der Waals surface area contributed by atoms with Crippen LogP contribution in [-0.4, -0.2) is 44.1 Å². The number of carbonyl (C=O) groups is 3. The molecule has 2 heterocycles. The summed E-state index contributed by atoms with van der Waals surface area (Å²) in [5.41, 5.74) is 4.82. The van der Waals surface area contributed by atoms with Gasteiger partial charge in [-0.25, -0.2) is 0 Å². The lowest BCUT2D eigenvalue weighted by Gasteiger charge is -2.13. The van der Waals surface area contributed by atoms with Crippen molar-refractivity contribution in [3.05, 3.63) is 58.6 Å². The number of carboxylic acid groups (broad SMARTS) is 1. The third kappa shape index (κ3) is 4.11. The van der Waals surface area contributed by atoms with Crippen LogP contribution in [0.5, 0.6) is 0 Å². The smallest absolute Gasteiger partial charge is 0.307 e. The molecular weight excluding hydrogens is 360 g/mol. The Kier molecular flexibility index (Phi) is 5.30. The lowest BCUT2D eigenvalue weighted by Crippen LogP contribution is -2.31. The normalized spacial score (nSPS) is 13.6. The van der Waals surface area contributed by atoms with E-state index in [1.807, 2.05) is 38.1 Å². The number of nitrogens with zero attached hydrogens (tertiary/aromatic N) is 3. The summed E-state index contributed by atoms with van der Waals surface area (Å²) in [5.74, 6) is -1.46. The molecule has 2 amide bonds. The number of amides is 2. The Labute approximate surface area is 162 Å². The highest BCUT2D eigenvalue weighted by molar-refractivity contribution is 6.03. The van der Waals surface area contributed by atoms with Gasteiger partial charge in [-0.1, -0.05) is 12.1 Å². The average molecular weight is 382 g/mol. The van der Waals surface area contributed by atoms with E-state index < -0.39 is 5.97 Å². The molecule has 0 saturated carbocycles. The SMILES string of the molecule is CC(=O)N1CC(Nc2ccc(Cn3nc(C)c(CC(=O)O)c3C)cc2)=CC1=O. The van der Waals surface area contributed by atoms with E-state index in [1.54, 1.807) is 4.68 Å². The zero-order chi connectivity index (χ0) is 20.4.